The molecule has 0 aliphatic heterocycles. The van der Waals surface area contributed by atoms with Crippen LogP contribution in [0.1, 0.15) is 16.8 Å². The van der Waals surface area contributed by atoms with Gasteiger partial charge in [-0.1, -0.05) is 11.6 Å². The zero-order valence-electron chi connectivity index (χ0n) is 15.2. The van der Waals surface area contributed by atoms with Crippen molar-refractivity contribution < 1.29 is 17.6 Å². The summed E-state index contributed by atoms with van der Waals surface area (Å²) in [6.45, 7) is 1.24. The molecule has 152 valence electrons. The molecule has 1 amide bonds. The van der Waals surface area contributed by atoms with E-state index in [-0.39, 0.29) is 21.5 Å². The average molecular weight is 437 g/mol. The molecule has 0 spiro atoms. The highest BCUT2D eigenvalue weighted by molar-refractivity contribution is 7.92. The van der Waals surface area contributed by atoms with Crippen LogP contribution in [0, 0.1) is 5.82 Å². The van der Waals surface area contributed by atoms with Crippen LogP contribution in [0.4, 0.5) is 10.1 Å². The number of amides is 1. The van der Waals surface area contributed by atoms with Gasteiger partial charge in [0.05, 0.1) is 16.2 Å². The largest absolute Gasteiger partial charge is 0.352 e. The third kappa shape index (κ3) is 5.55. The predicted octanol–water partition coefficient (Wildman–Crippen LogP) is 3.30. The topological polar surface area (TPSA) is 93.1 Å². The number of hydrogen-bond donors (Lipinski definition) is 2. The van der Waals surface area contributed by atoms with Crippen LogP contribution < -0.4 is 10.0 Å². The van der Waals surface area contributed by atoms with Gasteiger partial charge in [0.15, 0.2) is 0 Å². The molecule has 2 aromatic carbocycles. The first-order valence-corrected chi connectivity index (χ1v) is 10.5. The van der Waals surface area contributed by atoms with Crippen LogP contribution in [0.2, 0.25) is 5.02 Å². The van der Waals surface area contributed by atoms with Crippen LogP contribution in [-0.4, -0.2) is 30.4 Å². The minimum absolute atomic E-state index is 0.163. The molecular weight excluding hydrogens is 419 g/mol. The highest BCUT2D eigenvalue weighted by Crippen LogP contribution is 2.22. The van der Waals surface area contributed by atoms with Crippen molar-refractivity contribution in [1.29, 1.82) is 0 Å². The molecule has 0 aliphatic carbocycles. The molecule has 0 aliphatic rings. The quantitative estimate of drug-likeness (QED) is 0.530. The molecule has 3 aromatic rings. The number of hydrogen-bond acceptors (Lipinski definition) is 4. The maximum atomic E-state index is 13.2. The number of carbonyl (C=O) groups is 1. The van der Waals surface area contributed by atoms with Crippen LogP contribution in [0.5, 0.6) is 0 Å². The van der Waals surface area contributed by atoms with Crippen molar-refractivity contribution in [3.63, 3.8) is 0 Å². The molecule has 0 radical (unpaired) electrons. The first kappa shape index (κ1) is 20.8. The molecule has 0 bridgehead atoms. The molecule has 1 heterocycles. The molecule has 1 aromatic heterocycles. The summed E-state index contributed by atoms with van der Waals surface area (Å²) in [4.78, 5) is 16.0. The Kier molecular flexibility index (Phi) is 6.50. The number of sulfonamides is 1. The van der Waals surface area contributed by atoms with Gasteiger partial charge < -0.3 is 9.88 Å². The summed E-state index contributed by atoms with van der Waals surface area (Å²) in [5.74, 6) is -0.957. The van der Waals surface area contributed by atoms with Gasteiger partial charge in [-0.3, -0.25) is 9.52 Å². The van der Waals surface area contributed by atoms with Gasteiger partial charge >= 0.3 is 0 Å². The van der Waals surface area contributed by atoms with Crippen LogP contribution in [0.15, 0.2) is 66.1 Å². The summed E-state index contributed by atoms with van der Waals surface area (Å²) < 4.78 is 42.3. The lowest BCUT2D eigenvalue weighted by Gasteiger charge is -2.10. The van der Waals surface area contributed by atoms with E-state index in [0.29, 0.717) is 12.1 Å². The van der Waals surface area contributed by atoms with E-state index >= 15 is 0 Å². The Labute approximate surface area is 172 Å². The lowest BCUT2D eigenvalue weighted by Crippen LogP contribution is -2.25. The molecule has 0 fully saturated rings. The predicted molar refractivity (Wildman–Crippen MR) is 108 cm³/mol. The Morgan fingerprint density at radius 2 is 1.93 bits per heavy atom. The number of carbonyl (C=O) groups excluding carboxylic acids is 1. The van der Waals surface area contributed by atoms with Gasteiger partial charge in [-0.25, -0.2) is 17.8 Å². The van der Waals surface area contributed by atoms with E-state index in [9.17, 15) is 17.6 Å². The van der Waals surface area contributed by atoms with Crippen LogP contribution >= 0.6 is 11.6 Å². The SMILES string of the molecule is O=C(NCCCn1ccnc1)c1ccc(NS(=O)(=O)c2ccc(F)c(Cl)c2)cc1. The van der Waals surface area contributed by atoms with Gasteiger partial charge in [0.1, 0.15) is 5.82 Å². The van der Waals surface area contributed by atoms with Crippen molar-refractivity contribution in [2.75, 3.05) is 11.3 Å². The van der Waals surface area contributed by atoms with Gasteiger partial charge in [-0.2, -0.15) is 0 Å². The highest BCUT2D eigenvalue weighted by Gasteiger charge is 2.16. The number of nitrogens with one attached hydrogen (secondary N) is 2. The standard InChI is InChI=1S/C19H18ClFN4O3S/c20-17-12-16(6-7-18(17)21)29(27,28)24-15-4-2-14(3-5-15)19(26)23-8-1-10-25-11-9-22-13-25/h2-7,9,11-13,24H,1,8,10H2,(H,23,26). The number of nitrogens with zero attached hydrogens (tertiary/aromatic N) is 2. The van der Waals surface area contributed by atoms with Crippen molar-refractivity contribution in [2.45, 2.75) is 17.9 Å². The number of anilines is 1. The van der Waals surface area contributed by atoms with Gasteiger partial charge in [0.25, 0.3) is 15.9 Å². The van der Waals surface area contributed by atoms with E-state index in [1.54, 1.807) is 12.5 Å². The van der Waals surface area contributed by atoms with Crippen molar-refractivity contribution in [2.24, 2.45) is 0 Å². The summed E-state index contributed by atoms with van der Waals surface area (Å²) in [5.41, 5.74) is 0.669. The fourth-order valence-corrected chi connectivity index (χ4v) is 3.86. The molecule has 0 atom stereocenters. The van der Waals surface area contributed by atoms with Gasteiger partial charge in [-0.15, -0.1) is 0 Å². The molecule has 3 rings (SSSR count). The Balaban J connectivity index is 1.56. The number of halogens is 2. The summed E-state index contributed by atoms with van der Waals surface area (Å²) in [6, 6.07) is 9.12. The summed E-state index contributed by atoms with van der Waals surface area (Å²) in [5, 5.41) is 2.52. The summed E-state index contributed by atoms with van der Waals surface area (Å²) >= 11 is 5.64. The third-order valence-electron chi connectivity index (χ3n) is 4.04. The lowest BCUT2D eigenvalue weighted by molar-refractivity contribution is 0.0952. The van der Waals surface area contributed by atoms with Crippen LogP contribution in [0.25, 0.3) is 0 Å². The van der Waals surface area contributed by atoms with Gasteiger partial charge in [0, 0.05) is 36.7 Å². The maximum Gasteiger partial charge on any atom is 0.261 e. The van der Waals surface area contributed by atoms with Gasteiger partial charge in [-0.05, 0) is 48.9 Å². The fourth-order valence-electron chi connectivity index (χ4n) is 2.53. The van der Waals surface area contributed by atoms with Crippen molar-refractivity contribution in [1.82, 2.24) is 14.9 Å². The van der Waals surface area contributed by atoms with E-state index in [2.05, 4.69) is 15.0 Å². The number of aryl methyl sites for hydroxylation is 1. The van der Waals surface area contributed by atoms with E-state index in [1.807, 2.05) is 10.8 Å². The Morgan fingerprint density at radius 3 is 2.59 bits per heavy atom. The van der Waals surface area contributed by atoms with Crippen LogP contribution in [-0.2, 0) is 16.6 Å². The second-order valence-corrected chi connectivity index (χ2v) is 8.26. The highest BCUT2D eigenvalue weighted by atomic mass is 35.5. The molecule has 2 N–H and O–H groups in total. The maximum absolute atomic E-state index is 13.2. The van der Waals surface area contributed by atoms with Gasteiger partial charge in [0.2, 0.25) is 0 Å². The van der Waals surface area contributed by atoms with Crippen molar-refractivity contribution in [3.05, 3.63) is 77.6 Å². The smallest absolute Gasteiger partial charge is 0.261 e. The molecule has 7 nitrogen and oxygen atoms in total. The van der Waals surface area contributed by atoms with Crippen LogP contribution in [0.3, 0.4) is 0 Å². The van der Waals surface area contributed by atoms with Crippen molar-refractivity contribution in [3.8, 4) is 0 Å². The zero-order chi connectivity index (χ0) is 20.9. The Hall–Kier alpha value is -2.91. The fraction of sp³-hybridized carbons (Fsp3) is 0.158. The molecule has 0 saturated heterocycles. The second kappa shape index (κ2) is 9.06. The molecule has 29 heavy (non-hydrogen) atoms. The number of aromatic nitrogens is 2. The average Bonchev–Trinajstić information content (AvgIpc) is 3.21. The monoisotopic (exact) mass is 436 g/mol. The zero-order valence-corrected chi connectivity index (χ0v) is 16.8. The summed E-state index contributed by atoms with van der Waals surface area (Å²) in [7, 11) is -3.93. The Morgan fingerprint density at radius 1 is 1.17 bits per heavy atom. The number of imidazole rings is 1. The summed E-state index contributed by atoms with van der Waals surface area (Å²) in [6.07, 6.45) is 6.00. The molecule has 10 heteroatoms. The number of rotatable bonds is 8. The minimum Gasteiger partial charge on any atom is -0.352 e. The third-order valence-corrected chi connectivity index (χ3v) is 5.71. The normalized spacial score (nSPS) is 11.2. The van der Waals surface area contributed by atoms with E-state index in [1.165, 1.54) is 24.3 Å². The molecular formula is C19H18ClFN4O3S. The molecule has 0 saturated carbocycles. The van der Waals surface area contributed by atoms with Crippen molar-refractivity contribution >= 4 is 33.2 Å². The first-order chi connectivity index (χ1) is 13.8. The molecule has 0 unspecified atom stereocenters. The van der Waals surface area contributed by atoms with E-state index in [4.69, 9.17) is 11.6 Å². The number of benzene rings is 2. The Bertz CT molecular complexity index is 1090. The minimum atomic E-state index is -3.93. The first-order valence-electron chi connectivity index (χ1n) is 8.67. The van der Waals surface area contributed by atoms with E-state index < -0.39 is 15.8 Å². The van der Waals surface area contributed by atoms with E-state index in [0.717, 1.165) is 31.2 Å². The lowest BCUT2D eigenvalue weighted by atomic mass is 10.2. The second-order valence-electron chi connectivity index (χ2n) is 6.17.